The van der Waals surface area contributed by atoms with Crippen molar-refractivity contribution in [1.29, 1.82) is 5.26 Å². The van der Waals surface area contributed by atoms with Crippen LogP contribution >= 0.6 is 0 Å². The van der Waals surface area contributed by atoms with Gasteiger partial charge in [0.15, 0.2) is 0 Å². The molecule has 0 spiro atoms. The molecule has 0 radical (unpaired) electrons. The minimum Gasteiger partial charge on any atom is -0.481 e. The van der Waals surface area contributed by atoms with Crippen molar-refractivity contribution in [3.05, 3.63) is 59.4 Å². The third-order valence-electron chi connectivity index (χ3n) is 3.59. The van der Waals surface area contributed by atoms with Crippen molar-refractivity contribution in [2.24, 2.45) is 0 Å². The van der Waals surface area contributed by atoms with Crippen LogP contribution in [0.25, 0.3) is 22.1 Å². The van der Waals surface area contributed by atoms with E-state index in [1.807, 2.05) is 25.1 Å². The molecule has 2 aromatic carbocycles. The van der Waals surface area contributed by atoms with Crippen molar-refractivity contribution in [3.63, 3.8) is 0 Å². The second kappa shape index (κ2) is 5.38. The van der Waals surface area contributed by atoms with Crippen LogP contribution in [-0.4, -0.2) is 11.1 Å². The fraction of sp³-hybridized carbons (Fsp3) is 0.111. The second-order valence-corrected chi connectivity index (χ2v) is 5.12. The van der Waals surface area contributed by atoms with Crippen LogP contribution in [0.15, 0.2) is 46.9 Å². The monoisotopic (exact) mass is 291 g/mol. The summed E-state index contributed by atoms with van der Waals surface area (Å²) >= 11 is 0. The largest absolute Gasteiger partial charge is 0.481 e. The summed E-state index contributed by atoms with van der Waals surface area (Å²) in [6, 6.07) is 14.8. The van der Waals surface area contributed by atoms with Crippen molar-refractivity contribution in [2.45, 2.75) is 13.3 Å². The van der Waals surface area contributed by atoms with E-state index in [1.165, 1.54) is 0 Å². The van der Waals surface area contributed by atoms with Crippen LogP contribution in [0.2, 0.25) is 0 Å². The molecule has 22 heavy (non-hydrogen) atoms. The van der Waals surface area contributed by atoms with Gasteiger partial charge in [0, 0.05) is 10.9 Å². The molecule has 0 bridgehead atoms. The Kier molecular flexibility index (Phi) is 3.40. The van der Waals surface area contributed by atoms with Gasteiger partial charge in [-0.15, -0.1) is 0 Å². The topological polar surface area (TPSA) is 74.2 Å². The lowest BCUT2D eigenvalue weighted by Crippen LogP contribution is -1.99. The summed E-state index contributed by atoms with van der Waals surface area (Å²) in [5.41, 5.74) is 3.94. The van der Waals surface area contributed by atoms with Gasteiger partial charge in [0.05, 0.1) is 18.1 Å². The van der Waals surface area contributed by atoms with E-state index in [1.54, 1.807) is 24.3 Å². The molecule has 0 unspecified atom stereocenters. The number of fused-ring (bicyclic) bond motifs is 1. The van der Waals surface area contributed by atoms with Gasteiger partial charge in [-0.25, -0.2) is 0 Å². The Morgan fingerprint density at radius 1 is 1.23 bits per heavy atom. The Hall–Kier alpha value is -3.06. The maximum atomic E-state index is 10.9. The quantitative estimate of drug-likeness (QED) is 0.794. The molecule has 0 aliphatic carbocycles. The number of benzene rings is 2. The Morgan fingerprint density at radius 3 is 2.59 bits per heavy atom. The minimum atomic E-state index is -0.862. The summed E-state index contributed by atoms with van der Waals surface area (Å²) in [5.74, 6) is -0.0910. The number of hydrogen-bond donors (Lipinski definition) is 1. The molecule has 0 aliphatic rings. The van der Waals surface area contributed by atoms with E-state index in [0.717, 1.165) is 33.4 Å². The van der Waals surface area contributed by atoms with Crippen LogP contribution in [0.4, 0.5) is 0 Å². The van der Waals surface area contributed by atoms with Gasteiger partial charge in [-0.3, -0.25) is 4.79 Å². The van der Waals surface area contributed by atoms with Crippen molar-refractivity contribution in [2.75, 3.05) is 0 Å². The third-order valence-corrected chi connectivity index (χ3v) is 3.59. The summed E-state index contributed by atoms with van der Waals surface area (Å²) in [5, 5.41) is 18.7. The molecule has 1 N–H and O–H groups in total. The van der Waals surface area contributed by atoms with Crippen LogP contribution in [0.5, 0.6) is 0 Å². The molecule has 108 valence electrons. The molecule has 0 fully saturated rings. The first-order valence-electron chi connectivity index (χ1n) is 6.83. The molecule has 0 aliphatic heterocycles. The normalized spacial score (nSPS) is 10.5. The first kappa shape index (κ1) is 13.9. The lowest BCUT2D eigenvalue weighted by Gasteiger charge is -2.02. The van der Waals surface area contributed by atoms with E-state index in [0.29, 0.717) is 5.56 Å². The molecule has 4 nitrogen and oxygen atoms in total. The number of aryl methyl sites for hydroxylation is 1. The zero-order chi connectivity index (χ0) is 15.7. The number of rotatable bonds is 3. The third kappa shape index (κ3) is 2.45. The van der Waals surface area contributed by atoms with Gasteiger partial charge < -0.3 is 9.52 Å². The highest BCUT2D eigenvalue weighted by Crippen LogP contribution is 2.35. The Morgan fingerprint density at radius 2 is 1.95 bits per heavy atom. The molecule has 3 aromatic rings. The molecule has 0 atom stereocenters. The van der Waals surface area contributed by atoms with E-state index in [4.69, 9.17) is 14.8 Å². The fourth-order valence-corrected chi connectivity index (χ4v) is 2.62. The van der Waals surface area contributed by atoms with Gasteiger partial charge in [-0.05, 0) is 42.3 Å². The van der Waals surface area contributed by atoms with E-state index in [2.05, 4.69) is 6.07 Å². The van der Waals surface area contributed by atoms with Crippen LogP contribution < -0.4 is 0 Å². The molecule has 0 saturated carbocycles. The van der Waals surface area contributed by atoms with Crippen LogP contribution in [0.1, 0.15) is 16.9 Å². The highest BCUT2D eigenvalue weighted by Gasteiger charge is 2.14. The molecule has 0 saturated heterocycles. The first-order valence-corrected chi connectivity index (χ1v) is 6.83. The number of aliphatic carboxylic acids is 1. The second-order valence-electron chi connectivity index (χ2n) is 5.12. The molecule has 0 amide bonds. The van der Waals surface area contributed by atoms with E-state index in [-0.39, 0.29) is 6.42 Å². The minimum absolute atomic E-state index is 0.0209. The Balaban J connectivity index is 2.16. The van der Waals surface area contributed by atoms with Crippen LogP contribution in [-0.2, 0) is 11.2 Å². The van der Waals surface area contributed by atoms with Gasteiger partial charge in [-0.2, -0.15) is 5.26 Å². The Bertz CT molecular complexity index is 898. The van der Waals surface area contributed by atoms with E-state index < -0.39 is 5.97 Å². The summed E-state index contributed by atoms with van der Waals surface area (Å²) < 4.78 is 5.76. The standard InChI is InChI=1S/C18H13NO3/c1-11-18(14-5-2-12(10-19)3-6-14)15-8-13(9-17(20)21)4-7-16(15)22-11/h2-8H,9H2,1H3,(H,20,21). The number of carboxylic acids is 1. The van der Waals surface area contributed by atoms with Crippen molar-refractivity contribution in [3.8, 4) is 17.2 Å². The predicted molar refractivity (Wildman–Crippen MR) is 82.4 cm³/mol. The number of hydrogen-bond acceptors (Lipinski definition) is 3. The highest BCUT2D eigenvalue weighted by molar-refractivity contribution is 5.96. The maximum Gasteiger partial charge on any atom is 0.307 e. The smallest absolute Gasteiger partial charge is 0.307 e. The van der Waals surface area contributed by atoms with Crippen molar-refractivity contribution < 1.29 is 14.3 Å². The van der Waals surface area contributed by atoms with Crippen LogP contribution in [0.3, 0.4) is 0 Å². The van der Waals surface area contributed by atoms with E-state index >= 15 is 0 Å². The number of nitrogens with zero attached hydrogens (tertiary/aromatic N) is 1. The Labute approximate surface area is 127 Å². The average Bonchev–Trinajstić information content (AvgIpc) is 2.82. The summed E-state index contributed by atoms with van der Waals surface area (Å²) in [6.07, 6.45) is -0.0209. The highest BCUT2D eigenvalue weighted by atomic mass is 16.4. The molecule has 1 heterocycles. The summed E-state index contributed by atoms with van der Waals surface area (Å²) in [6.45, 7) is 1.88. The predicted octanol–water partition coefficient (Wildman–Crippen LogP) is 3.91. The van der Waals surface area contributed by atoms with Gasteiger partial charge >= 0.3 is 5.97 Å². The zero-order valence-corrected chi connectivity index (χ0v) is 12.0. The van der Waals surface area contributed by atoms with Gasteiger partial charge in [0.2, 0.25) is 0 Å². The van der Waals surface area contributed by atoms with Crippen LogP contribution in [0, 0.1) is 18.3 Å². The van der Waals surface area contributed by atoms with Crippen molar-refractivity contribution in [1.82, 2.24) is 0 Å². The molecular formula is C18H13NO3. The summed E-state index contributed by atoms with van der Waals surface area (Å²) in [4.78, 5) is 10.9. The molecule has 1 aromatic heterocycles. The molecule has 4 heteroatoms. The van der Waals surface area contributed by atoms with Gasteiger partial charge in [0.25, 0.3) is 0 Å². The SMILES string of the molecule is Cc1oc2ccc(CC(=O)O)cc2c1-c1ccc(C#N)cc1. The number of nitriles is 1. The molecular weight excluding hydrogens is 278 g/mol. The van der Waals surface area contributed by atoms with Gasteiger partial charge in [0.1, 0.15) is 11.3 Å². The van der Waals surface area contributed by atoms with E-state index in [9.17, 15) is 4.79 Å². The number of carbonyl (C=O) groups is 1. The molecule has 3 rings (SSSR count). The lowest BCUT2D eigenvalue weighted by atomic mass is 9.99. The maximum absolute atomic E-state index is 10.9. The average molecular weight is 291 g/mol. The van der Waals surface area contributed by atoms with Gasteiger partial charge in [-0.1, -0.05) is 18.2 Å². The summed E-state index contributed by atoms with van der Waals surface area (Å²) in [7, 11) is 0. The fourth-order valence-electron chi connectivity index (χ4n) is 2.62. The lowest BCUT2D eigenvalue weighted by molar-refractivity contribution is -0.136. The number of furan rings is 1. The number of carboxylic acid groups (broad SMARTS) is 1. The first-order chi connectivity index (χ1) is 10.6. The van der Waals surface area contributed by atoms with Crippen molar-refractivity contribution >= 4 is 16.9 Å². The zero-order valence-electron chi connectivity index (χ0n) is 12.0.